The van der Waals surface area contributed by atoms with Gasteiger partial charge in [0.25, 0.3) is 0 Å². The smallest absolute Gasteiger partial charge is 0.408 e. The zero-order chi connectivity index (χ0) is 23.5. The number of methoxy groups -OCH3 is 1. The molecule has 1 aliphatic carbocycles. The Morgan fingerprint density at radius 1 is 1.18 bits per heavy atom. The number of nitrogens with zero attached hydrogens (tertiary/aromatic N) is 5. The first-order chi connectivity index (χ1) is 15.6. The van der Waals surface area contributed by atoms with Crippen molar-refractivity contribution in [1.82, 2.24) is 19.7 Å². The van der Waals surface area contributed by atoms with Crippen molar-refractivity contribution in [1.29, 1.82) is 0 Å². The minimum Gasteiger partial charge on any atom is -0.495 e. The molecule has 1 aliphatic heterocycles. The molecule has 4 heterocycles. The van der Waals surface area contributed by atoms with Crippen LogP contribution in [0.5, 0.6) is 5.75 Å². The molecule has 0 amide bonds. The monoisotopic (exact) mass is 461 g/mol. The summed E-state index contributed by atoms with van der Waals surface area (Å²) in [6.07, 6.45) is 0.203. The molecule has 2 N–H and O–H groups in total. The van der Waals surface area contributed by atoms with Crippen LogP contribution >= 0.6 is 0 Å². The maximum Gasteiger partial charge on any atom is 0.408 e. The zero-order valence-electron chi connectivity index (χ0n) is 17.9. The molecule has 11 heteroatoms. The van der Waals surface area contributed by atoms with Crippen molar-refractivity contribution < 1.29 is 28.1 Å². The molecular weight excluding hydrogens is 439 g/mol. The number of alkyl halides is 3. The van der Waals surface area contributed by atoms with Crippen LogP contribution in [-0.2, 0) is 12.1 Å². The van der Waals surface area contributed by atoms with Gasteiger partial charge in [-0.05, 0) is 24.6 Å². The second-order valence-corrected chi connectivity index (χ2v) is 8.55. The Balaban J connectivity index is 1.60. The number of hydrogen-bond acceptors (Lipinski definition) is 7. The molecule has 0 bridgehead atoms. The molecule has 1 atom stereocenters. The summed E-state index contributed by atoms with van der Waals surface area (Å²) in [6.45, 7) is 0.615. The maximum atomic E-state index is 12.8. The molecule has 1 unspecified atom stereocenters. The maximum absolute atomic E-state index is 12.8. The van der Waals surface area contributed by atoms with Gasteiger partial charge < -0.3 is 19.8 Å². The predicted octanol–water partition coefficient (Wildman–Crippen LogP) is 3.08. The van der Waals surface area contributed by atoms with Gasteiger partial charge in [0.2, 0.25) is 0 Å². The van der Waals surface area contributed by atoms with E-state index >= 15 is 0 Å². The zero-order valence-corrected chi connectivity index (χ0v) is 17.9. The van der Waals surface area contributed by atoms with E-state index in [0.29, 0.717) is 28.4 Å². The molecule has 1 spiro atoms. The van der Waals surface area contributed by atoms with Crippen molar-refractivity contribution in [3.8, 4) is 17.0 Å². The van der Waals surface area contributed by atoms with Gasteiger partial charge in [-0.15, -0.1) is 0 Å². The van der Waals surface area contributed by atoms with E-state index in [1.54, 1.807) is 30.5 Å². The second-order valence-electron chi connectivity index (χ2n) is 8.55. The van der Waals surface area contributed by atoms with Crippen molar-refractivity contribution in [3.05, 3.63) is 53.7 Å². The third-order valence-electron chi connectivity index (χ3n) is 6.30. The minimum absolute atomic E-state index is 0.285. The van der Waals surface area contributed by atoms with Crippen molar-refractivity contribution in [3.63, 3.8) is 0 Å². The first-order valence-corrected chi connectivity index (χ1v) is 10.4. The van der Waals surface area contributed by atoms with Crippen molar-refractivity contribution in [2.45, 2.75) is 50.4 Å². The number of pyridine rings is 2. The van der Waals surface area contributed by atoms with Crippen LogP contribution in [0.2, 0.25) is 0 Å². The van der Waals surface area contributed by atoms with Crippen molar-refractivity contribution in [2.24, 2.45) is 0 Å². The third kappa shape index (κ3) is 3.51. The Hall–Kier alpha value is -3.18. The molecule has 0 saturated heterocycles. The van der Waals surface area contributed by atoms with Gasteiger partial charge in [-0.1, -0.05) is 0 Å². The van der Waals surface area contributed by atoms with Crippen LogP contribution < -0.4 is 9.64 Å². The summed E-state index contributed by atoms with van der Waals surface area (Å²) in [5.74, 6) is 0.569. The summed E-state index contributed by atoms with van der Waals surface area (Å²) in [5, 5.41) is 25.3. The molecule has 33 heavy (non-hydrogen) atoms. The van der Waals surface area contributed by atoms with Gasteiger partial charge in [-0.25, -0.2) is 4.98 Å². The number of ether oxygens (including phenoxy) is 1. The molecule has 8 nitrogen and oxygen atoms in total. The van der Waals surface area contributed by atoms with Crippen LogP contribution in [0.25, 0.3) is 11.3 Å². The number of fused-ring (bicyclic) bond motifs is 2. The number of aromatic nitrogens is 4. The topological polar surface area (TPSA) is 96.5 Å². The lowest BCUT2D eigenvalue weighted by atomic mass is 9.71. The quantitative estimate of drug-likeness (QED) is 0.616. The van der Waals surface area contributed by atoms with Gasteiger partial charge in [0.15, 0.2) is 6.23 Å². The van der Waals surface area contributed by atoms with Gasteiger partial charge in [-0.3, -0.25) is 9.67 Å². The van der Waals surface area contributed by atoms with Gasteiger partial charge in [0, 0.05) is 36.4 Å². The largest absolute Gasteiger partial charge is 0.495 e. The van der Waals surface area contributed by atoms with Crippen molar-refractivity contribution in [2.75, 3.05) is 12.0 Å². The lowest BCUT2D eigenvalue weighted by Crippen LogP contribution is -2.55. The van der Waals surface area contributed by atoms with Gasteiger partial charge in [0.1, 0.15) is 12.3 Å². The standard InChI is InChI=1S/C22H22F3N5O3/c1-12-3-17(13-4-16(33-2)9-26-7-13)28-19-18(12)20(32)30(21(19)5-15(31)6-21)14-8-27-29(10-14)11-22(23,24)25/h3-4,7-10,15,20,31-32H,5-6,11H2,1-2H3. The molecule has 1 fully saturated rings. The molecule has 0 aromatic carbocycles. The SMILES string of the molecule is COc1cncc(-c2cc(C)c3c(n2)C2(CC(O)C2)N(c2cnn(CC(F)(F)F)c2)C3O)c1. The van der Waals surface area contributed by atoms with E-state index in [1.165, 1.54) is 12.4 Å². The lowest BCUT2D eigenvalue weighted by Gasteiger charge is -2.49. The highest BCUT2D eigenvalue weighted by atomic mass is 19.4. The van der Waals surface area contributed by atoms with Gasteiger partial charge in [0.05, 0.1) is 48.2 Å². The summed E-state index contributed by atoms with van der Waals surface area (Å²) in [6, 6.07) is 3.63. The fourth-order valence-corrected chi connectivity index (χ4v) is 4.90. The van der Waals surface area contributed by atoms with Crippen LogP contribution in [-0.4, -0.2) is 49.4 Å². The number of aliphatic hydroxyl groups is 2. The number of halogens is 3. The third-order valence-corrected chi connectivity index (χ3v) is 6.30. The normalized spacial score (nSPS) is 24.2. The Kier molecular flexibility index (Phi) is 4.87. The minimum atomic E-state index is -4.42. The summed E-state index contributed by atoms with van der Waals surface area (Å²) in [7, 11) is 1.54. The second kappa shape index (κ2) is 7.42. The Morgan fingerprint density at radius 2 is 1.94 bits per heavy atom. The van der Waals surface area contributed by atoms with E-state index in [9.17, 15) is 23.4 Å². The van der Waals surface area contributed by atoms with Crippen molar-refractivity contribution >= 4 is 5.69 Å². The highest BCUT2D eigenvalue weighted by Gasteiger charge is 2.59. The highest BCUT2D eigenvalue weighted by molar-refractivity contribution is 5.66. The first kappa shape index (κ1) is 21.7. The molecular formula is C22H22F3N5O3. The van der Waals surface area contributed by atoms with Crippen LogP contribution in [0.15, 0.2) is 36.9 Å². The Morgan fingerprint density at radius 3 is 2.61 bits per heavy atom. The van der Waals surface area contributed by atoms with E-state index in [-0.39, 0.29) is 12.8 Å². The molecule has 5 rings (SSSR count). The predicted molar refractivity (Wildman–Crippen MR) is 111 cm³/mol. The fourth-order valence-electron chi connectivity index (χ4n) is 4.90. The van der Waals surface area contributed by atoms with Gasteiger partial charge in [-0.2, -0.15) is 18.3 Å². The molecule has 0 radical (unpaired) electrons. The Labute approximate surface area is 187 Å². The molecule has 3 aromatic rings. The van der Waals surface area contributed by atoms with Crippen LogP contribution in [0.4, 0.5) is 18.9 Å². The van der Waals surface area contributed by atoms with Crippen LogP contribution in [0.3, 0.4) is 0 Å². The summed E-state index contributed by atoms with van der Waals surface area (Å²) < 4.78 is 44.5. The van der Waals surface area contributed by atoms with Crippen LogP contribution in [0, 0.1) is 6.92 Å². The molecule has 2 aliphatic rings. The Bertz CT molecular complexity index is 1210. The first-order valence-electron chi connectivity index (χ1n) is 10.4. The number of aliphatic hydroxyl groups excluding tert-OH is 2. The van der Waals surface area contributed by atoms with E-state index in [0.717, 1.165) is 15.8 Å². The molecule has 3 aromatic heterocycles. The number of hydrogen-bond donors (Lipinski definition) is 2. The van der Waals surface area contributed by atoms with Gasteiger partial charge >= 0.3 is 6.18 Å². The van der Waals surface area contributed by atoms with E-state index < -0.39 is 30.6 Å². The average Bonchev–Trinajstić information content (AvgIpc) is 3.27. The lowest BCUT2D eigenvalue weighted by molar-refractivity contribution is -0.142. The van der Waals surface area contributed by atoms with E-state index in [4.69, 9.17) is 9.72 Å². The molecule has 174 valence electrons. The fraction of sp³-hybridized carbons (Fsp3) is 0.409. The summed E-state index contributed by atoms with van der Waals surface area (Å²) in [5.41, 5.74) is 2.79. The highest BCUT2D eigenvalue weighted by Crippen LogP contribution is 2.57. The molecule has 1 saturated carbocycles. The van der Waals surface area contributed by atoms with E-state index in [2.05, 4.69) is 10.1 Å². The summed E-state index contributed by atoms with van der Waals surface area (Å²) >= 11 is 0. The van der Waals surface area contributed by atoms with E-state index in [1.807, 2.05) is 13.0 Å². The number of rotatable bonds is 4. The number of anilines is 1. The average molecular weight is 461 g/mol. The number of aryl methyl sites for hydroxylation is 1. The van der Waals surface area contributed by atoms with Crippen LogP contribution in [0.1, 0.15) is 35.9 Å². The summed E-state index contributed by atoms with van der Waals surface area (Å²) in [4.78, 5) is 10.6.